The number of amides is 1. The molecule has 0 fully saturated rings. The standard InChI is InChI=1S/C19H21FN2O5S/c1-3-27-19(24)14-6-10-16(11-7-14)21-18(23)12-17(22-28(2,25)26)13-4-8-15(20)9-5-13/h4-11,17,22H,3,12H2,1-2H3,(H,21,23). The van der Waals surface area contributed by atoms with Crippen molar-refractivity contribution in [2.75, 3.05) is 18.2 Å². The van der Waals surface area contributed by atoms with E-state index in [9.17, 15) is 22.4 Å². The zero-order valence-corrected chi connectivity index (χ0v) is 16.3. The summed E-state index contributed by atoms with van der Waals surface area (Å²) < 4.78 is 43.6. The third-order valence-corrected chi connectivity index (χ3v) is 4.41. The summed E-state index contributed by atoms with van der Waals surface area (Å²) in [7, 11) is -3.60. The Bertz CT molecular complexity index is 928. The van der Waals surface area contributed by atoms with E-state index >= 15 is 0 Å². The van der Waals surface area contributed by atoms with E-state index in [0.717, 1.165) is 6.26 Å². The summed E-state index contributed by atoms with van der Waals surface area (Å²) in [5.41, 5.74) is 1.25. The molecule has 0 aliphatic heterocycles. The van der Waals surface area contributed by atoms with Crippen LogP contribution in [-0.4, -0.2) is 33.2 Å². The Hall–Kier alpha value is -2.78. The van der Waals surface area contributed by atoms with Gasteiger partial charge in [-0.3, -0.25) is 4.79 Å². The average Bonchev–Trinajstić information content (AvgIpc) is 2.61. The Morgan fingerprint density at radius 2 is 1.68 bits per heavy atom. The fraction of sp³-hybridized carbons (Fsp3) is 0.263. The molecule has 0 aliphatic rings. The summed E-state index contributed by atoms with van der Waals surface area (Å²) in [6.07, 6.45) is 0.786. The van der Waals surface area contributed by atoms with Crippen molar-refractivity contribution in [2.24, 2.45) is 0 Å². The number of carbonyl (C=O) groups is 2. The number of anilines is 1. The minimum atomic E-state index is -3.60. The van der Waals surface area contributed by atoms with Crippen LogP contribution < -0.4 is 10.0 Å². The second kappa shape index (κ2) is 9.43. The van der Waals surface area contributed by atoms with Crippen molar-refractivity contribution in [1.82, 2.24) is 4.72 Å². The average molecular weight is 408 g/mol. The van der Waals surface area contributed by atoms with Gasteiger partial charge in [-0.1, -0.05) is 12.1 Å². The van der Waals surface area contributed by atoms with Gasteiger partial charge in [-0.25, -0.2) is 22.3 Å². The molecular formula is C19H21FN2O5S. The van der Waals surface area contributed by atoms with Gasteiger partial charge >= 0.3 is 5.97 Å². The smallest absolute Gasteiger partial charge is 0.338 e. The number of hydrogen-bond acceptors (Lipinski definition) is 5. The number of halogens is 1. The highest BCUT2D eigenvalue weighted by atomic mass is 32.2. The molecule has 0 bridgehead atoms. The third-order valence-electron chi connectivity index (χ3n) is 3.70. The van der Waals surface area contributed by atoms with Crippen LogP contribution in [0.2, 0.25) is 0 Å². The molecular weight excluding hydrogens is 387 g/mol. The lowest BCUT2D eigenvalue weighted by molar-refractivity contribution is -0.116. The van der Waals surface area contributed by atoms with Crippen LogP contribution in [0.25, 0.3) is 0 Å². The van der Waals surface area contributed by atoms with Gasteiger partial charge in [0.1, 0.15) is 5.82 Å². The van der Waals surface area contributed by atoms with Gasteiger partial charge in [0, 0.05) is 12.1 Å². The first kappa shape index (κ1) is 21.5. The van der Waals surface area contributed by atoms with Gasteiger partial charge in [0.2, 0.25) is 15.9 Å². The molecule has 2 aromatic rings. The van der Waals surface area contributed by atoms with Crippen LogP contribution in [0.4, 0.5) is 10.1 Å². The van der Waals surface area contributed by atoms with Gasteiger partial charge in [-0.05, 0) is 48.9 Å². The summed E-state index contributed by atoms with van der Waals surface area (Å²) >= 11 is 0. The highest BCUT2D eigenvalue weighted by molar-refractivity contribution is 7.88. The number of esters is 1. The molecule has 2 N–H and O–H groups in total. The predicted octanol–water partition coefficient (Wildman–Crippen LogP) is 2.62. The first-order valence-electron chi connectivity index (χ1n) is 8.47. The van der Waals surface area contributed by atoms with Crippen LogP contribution in [-0.2, 0) is 19.6 Å². The number of rotatable bonds is 8. The second-order valence-electron chi connectivity index (χ2n) is 6.04. The molecule has 150 valence electrons. The molecule has 0 saturated heterocycles. The maximum absolute atomic E-state index is 13.1. The van der Waals surface area contributed by atoms with E-state index in [2.05, 4.69) is 10.0 Å². The molecule has 2 aromatic carbocycles. The van der Waals surface area contributed by atoms with Crippen molar-refractivity contribution >= 4 is 27.6 Å². The molecule has 0 heterocycles. The van der Waals surface area contributed by atoms with Gasteiger partial charge in [0.05, 0.1) is 24.5 Å². The van der Waals surface area contributed by atoms with E-state index in [0.29, 0.717) is 16.8 Å². The van der Waals surface area contributed by atoms with Crippen molar-refractivity contribution in [3.8, 4) is 0 Å². The largest absolute Gasteiger partial charge is 0.462 e. The Balaban J connectivity index is 2.08. The summed E-state index contributed by atoms with van der Waals surface area (Å²) in [4.78, 5) is 24.0. The first-order valence-corrected chi connectivity index (χ1v) is 10.4. The maximum Gasteiger partial charge on any atom is 0.338 e. The minimum Gasteiger partial charge on any atom is -0.462 e. The van der Waals surface area contributed by atoms with Crippen LogP contribution in [0, 0.1) is 5.82 Å². The normalized spacial score (nSPS) is 12.2. The molecule has 0 aliphatic carbocycles. The molecule has 2 rings (SSSR count). The van der Waals surface area contributed by atoms with Crippen LogP contribution in [0.15, 0.2) is 48.5 Å². The fourth-order valence-electron chi connectivity index (χ4n) is 2.48. The lowest BCUT2D eigenvalue weighted by Gasteiger charge is -2.18. The molecule has 9 heteroatoms. The molecule has 0 aromatic heterocycles. The monoisotopic (exact) mass is 408 g/mol. The Labute approximate surface area is 163 Å². The molecule has 1 amide bonds. The molecule has 7 nitrogen and oxygen atoms in total. The van der Waals surface area contributed by atoms with Crippen molar-refractivity contribution in [1.29, 1.82) is 0 Å². The number of sulfonamides is 1. The number of ether oxygens (including phenoxy) is 1. The van der Waals surface area contributed by atoms with E-state index in [1.54, 1.807) is 19.1 Å². The van der Waals surface area contributed by atoms with Crippen molar-refractivity contribution < 1.29 is 27.1 Å². The number of benzene rings is 2. The third kappa shape index (κ3) is 6.75. The Kier molecular flexibility index (Phi) is 7.24. The summed E-state index contributed by atoms with van der Waals surface area (Å²) in [6.45, 7) is 1.96. The van der Waals surface area contributed by atoms with Gasteiger partial charge in [-0.2, -0.15) is 0 Å². The SMILES string of the molecule is CCOC(=O)c1ccc(NC(=O)CC(NS(C)(=O)=O)c2ccc(F)cc2)cc1. The molecule has 0 spiro atoms. The van der Waals surface area contributed by atoms with Gasteiger partial charge in [-0.15, -0.1) is 0 Å². The molecule has 1 atom stereocenters. The second-order valence-corrected chi connectivity index (χ2v) is 7.82. The van der Waals surface area contributed by atoms with Crippen LogP contribution in [0.3, 0.4) is 0 Å². The van der Waals surface area contributed by atoms with Crippen LogP contribution in [0.1, 0.15) is 35.3 Å². The summed E-state index contributed by atoms with van der Waals surface area (Å²) in [5, 5.41) is 2.64. The van der Waals surface area contributed by atoms with E-state index in [4.69, 9.17) is 4.74 Å². The lowest BCUT2D eigenvalue weighted by Crippen LogP contribution is -2.30. The number of nitrogens with one attached hydrogen (secondary N) is 2. The van der Waals surface area contributed by atoms with Crippen molar-refractivity contribution in [2.45, 2.75) is 19.4 Å². The topological polar surface area (TPSA) is 102 Å². The van der Waals surface area contributed by atoms with Crippen LogP contribution in [0.5, 0.6) is 0 Å². The highest BCUT2D eigenvalue weighted by Gasteiger charge is 2.20. The van der Waals surface area contributed by atoms with Crippen molar-refractivity contribution in [3.63, 3.8) is 0 Å². The molecule has 1 unspecified atom stereocenters. The Morgan fingerprint density at radius 1 is 1.07 bits per heavy atom. The zero-order valence-electron chi connectivity index (χ0n) is 15.4. The molecule has 0 saturated carbocycles. The highest BCUT2D eigenvalue weighted by Crippen LogP contribution is 2.20. The van der Waals surface area contributed by atoms with Crippen molar-refractivity contribution in [3.05, 3.63) is 65.5 Å². The molecule has 0 radical (unpaired) electrons. The first-order chi connectivity index (χ1) is 13.2. The lowest BCUT2D eigenvalue weighted by atomic mass is 10.0. The van der Waals surface area contributed by atoms with E-state index in [1.807, 2.05) is 0 Å². The van der Waals surface area contributed by atoms with Crippen LogP contribution >= 0.6 is 0 Å². The Morgan fingerprint density at radius 3 is 2.21 bits per heavy atom. The quantitative estimate of drug-likeness (QED) is 0.654. The van der Waals surface area contributed by atoms with Gasteiger partial charge < -0.3 is 10.1 Å². The summed E-state index contributed by atoms with van der Waals surface area (Å²) in [6, 6.07) is 10.5. The van der Waals surface area contributed by atoms with Gasteiger partial charge in [0.25, 0.3) is 0 Å². The maximum atomic E-state index is 13.1. The number of hydrogen-bond donors (Lipinski definition) is 2. The zero-order chi connectivity index (χ0) is 20.7. The van der Waals surface area contributed by atoms with E-state index < -0.39 is 33.8 Å². The number of carbonyl (C=O) groups excluding carboxylic acids is 2. The van der Waals surface area contributed by atoms with E-state index in [1.165, 1.54) is 36.4 Å². The predicted molar refractivity (Wildman–Crippen MR) is 103 cm³/mol. The minimum absolute atomic E-state index is 0.196. The summed E-state index contributed by atoms with van der Waals surface area (Å²) in [5.74, 6) is -1.38. The fourth-order valence-corrected chi connectivity index (χ4v) is 3.22. The van der Waals surface area contributed by atoms with Gasteiger partial charge in [0.15, 0.2) is 0 Å². The van der Waals surface area contributed by atoms with E-state index in [-0.39, 0.29) is 13.0 Å². The molecule has 28 heavy (non-hydrogen) atoms.